The summed E-state index contributed by atoms with van der Waals surface area (Å²) in [7, 11) is 0. The Morgan fingerprint density at radius 3 is 2.38 bits per heavy atom. The topological polar surface area (TPSA) is 64.6 Å². The minimum absolute atomic E-state index is 0.0659. The second-order valence-corrected chi connectivity index (χ2v) is 7.37. The largest absolute Gasteiger partial charge is 0.454 e. The molecular weight excluding hydrogens is 306 g/mol. The fourth-order valence-corrected chi connectivity index (χ4v) is 3.40. The predicted octanol–water partition coefficient (Wildman–Crippen LogP) is 3.79. The number of allylic oxidation sites excluding steroid dienone is 2. The standard InChI is InChI=1S/C19H23NO4/c1-10(2)6-13-17(19(13,4)5)18(22)20-14-8-16-15(23-9-24-16)7-12(14)11(3)21/h6-8,13,17H,9H2,1-5H3,(H,20,22)/t13-,17+/m0/s1. The van der Waals surface area contributed by atoms with Crippen molar-refractivity contribution in [1.82, 2.24) is 0 Å². The molecule has 0 aromatic heterocycles. The van der Waals surface area contributed by atoms with E-state index in [1.54, 1.807) is 12.1 Å². The number of ketones is 1. The molecule has 24 heavy (non-hydrogen) atoms. The van der Waals surface area contributed by atoms with Crippen LogP contribution in [0, 0.1) is 17.3 Å². The van der Waals surface area contributed by atoms with E-state index in [4.69, 9.17) is 9.47 Å². The molecule has 3 rings (SSSR count). The molecule has 1 aliphatic carbocycles. The first kappa shape index (κ1) is 16.6. The smallest absolute Gasteiger partial charge is 0.231 e. The van der Waals surface area contributed by atoms with Gasteiger partial charge in [-0.15, -0.1) is 0 Å². The number of hydrogen-bond donors (Lipinski definition) is 1. The van der Waals surface area contributed by atoms with Crippen molar-refractivity contribution >= 4 is 17.4 Å². The molecule has 0 bridgehead atoms. The first-order chi connectivity index (χ1) is 11.2. The number of amides is 1. The lowest BCUT2D eigenvalue weighted by Gasteiger charge is -2.11. The molecule has 1 fully saturated rings. The van der Waals surface area contributed by atoms with Crippen LogP contribution in [-0.2, 0) is 4.79 Å². The van der Waals surface area contributed by atoms with E-state index in [0.29, 0.717) is 22.7 Å². The third-order valence-corrected chi connectivity index (χ3v) is 4.86. The zero-order valence-electron chi connectivity index (χ0n) is 14.7. The van der Waals surface area contributed by atoms with Gasteiger partial charge in [-0.2, -0.15) is 0 Å². The third kappa shape index (κ3) is 2.79. The van der Waals surface area contributed by atoms with Crippen molar-refractivity contribution in [2.45, 2.75) is 34.6 Å². The van der Waals surface area contributed by atoms with Crippen molar-refractivity contribution < 1.29 is 19.1 Å². The van der Waals surface area contributed by atoms with Crippen molar-refractivity contribution in [2.24, 2.45) is 17.3 Å². The number of fused-ring (bicyclic) bond motifs is 1. The summed E-state index contributed by atoms with van der Waals surface area (Å²) >= 11 is 0. The summed E-state index contributed by atoms with van der Waals surface area (Å²) in [4.78, 5) is 24.6. The molecule has 1 aromatic carbocycles. The summed E-state index contributed by atoms with van der Waals surface area (Å²) in [5, 5.41) is 2.92. The number of Topliss-reactive ketones (excluding diaryl/α,β-unsaturated/α-hetero) is 1. The average Bonchev–Trinajstić information content (AvgIpc) is 2.83. The van der Waals surface area contributed by atoms with Gasteiger partial charge in [-0.25, -0.2) is 0 Å². The van der Waals surface area contributed by atoms with Gasteiger partial charge in [-0.1, -0.05) is 25.5 Å². The van der Waals surface area contributed by atoms with Crippen LogP contribution in [0.4, 0.5) is 5.69 Å². The second-order valence-electron chi connectivity index (χ2n) is 7.37. The van der Waals surface area contributed by atoms with Crippen LogP contribution in [0.3, 0.4) is 0 Å². The van der Waals surface area contributed by atoms with Gasteiger partial charge < -0.3 is 14.8 Å². The number of ether oxygens (including phenoxy) is 2. The van der Waals surface area contributed by atoms with E-state index in [1.165, 1.54) is 12.5 Å². The fraction of sp³-hybridized carbons (Fsp3) is 0.474. The van der Waals surface area contributed by atoms with Gasteiger partial charge >= 0.3 is 0 Å². The van der Waals surface area contributed by atoms with Gasteiger partial charge in [0.2, 0.25) is 12.7 Å². The number of carbonyl (C=O) groups is 2. The number of anilines is 1. The lowest BCUT2D eigenvalue weighted by Crippen LogP contribution is -2.18. The molecule has 2 atom stereocenters. The van der Waals surface area contributed by atoms with Crippen LogP contribution in [-0.4, -0.2) is 18.5 Å². The van der Waals surface area contributed by atoms with Gasteiger partial charge in [0.15, 0.2) is 17.3 Å². The van der Waals surface area contributed by atoms with E-state index >= 15 is 0 Å². The summed E-state index contributed by atoms with van der Waals surface area (Å²) in [6.07, 6.45) is 2.15. The molecule has 0 saturated heterocycles. The van der Waals surface area contributed by atoms with E-state index < -0.39 is 0 Å². The second kappa shape index (κ2) is 5.65. The summed E-state index contributed by atoms with van der Waals surface area (Å²) in [6.45, 7) is 9.85. The first-order valence-electron chi connectivity index (χ1n) is 8.12. The van der Waals surface area contributed by atoms with Crippen LogP contribution in [0.25, 0.3) is 0 Å². The Labute approximate surface area is 142 Å². The zero-order valence-corrected chi connectivity index (χ0v) is 14.7. The highest BCUT2D eigenvalue weighted by Crippen LogP contribution is 2.59. The van der Waals surface area contributed by atoms with Gasteiger partial charge in [0.1, 0.15) is 0 Å². The molecule has 1 N–H and O–H groups in total. The van der Waals surface area contributed by atoms with E-state index in [2.05, 4.69) is 25.2 Å². The van der Waals surface area contributed by atoms with Crippen LogP contribution in [0.5, 0.6) is 11.5 Å². The maximum Gasteiger partial charge on any atom is 0.231 e. The van der Waals surface area contributed by atoms with E-state index in [0.717, 1.165) is 0 Å². The Bertz CT molecular complexity index is 744. The van der Waals surface area contributed by atoms with Crippen molar-refractivity contribution in [1.29, 1.82) is 0 Å². The molecule has 5 heteroatoms. The zero-order chi connectivity index (χ0) is 17.6. The first-order valence-corrected chi connectivity index (χ1v) is 8.12. The monoisotopic (exact) mass is 329 g/mol. The summed E-state index contributed by atoms with van der Waals surface area (Å²) in [5.74, 6) is 1.01. The Kier molecular flexibility index (Phi) is 3.90. The van der Waals surface area contributed by atoms with Crippen LogP contribution in [0.15, 0.2) is 23.8 Å². The van der Waals surface area contributed by atoms with Gasteiger partial charge in [0, 0.05) is 11.6 Å². The number of nitrogens with one attached hydrogen (secondary N) is 1. The predicted molar refractivity (Wildman–Crippen MR) is 91.4 cm³/mol. The highest BCUT2D eigenvalue weighted by molar-refractivity contribution is 6.05. The molecule has 0 unspecified atom stereocenters. The van der Waals surface area contributed by atoms with E-state index in [1.807, 2.05) is 13.8 Å². The maximum absolute atomic E-state index is 12.7. The van der Waals surface area contributed by atoms with Gasteiger partial charge in [0.25, 0.3) is 0 Å². The van der Waals surface area contributed by atoms with Crippen LogP contribution in [0.2, 0.25) is 0 Å². The molecule has 2 aliphatic rings. The minimum Gasteiger partial charge on any atom is -0.454 e. The minimum atomic E-state index is -0.125. The number of benzene rings is 1. The summed E-state index contributed by atoms with van der Waals surface area (Å²) in [6, 6.07) is 3.30. The summed E-state index contributed by atoms with van der Waals surface area (Å²) in [5.41, 5.74) is 2.05. The average molecular weight is 329 g/mol. The quantitative estimate of drug-likeness (QED) is 0.674. The van der Waals surface area contributed by atoms with Crippen LogP contribution in [0.1, 0.15) is 45.0 Å². The Balaban J connectivity index is 1.85. The number of rotatable bonds is 4. The molecule has 128 valence electrons. The van der Waals surface area contributed by atoms with E-state index in [9.17, 15) is 9.59 Å². The van der Waals surface area contributed by atoms with Gasteiger partial charge in [0.05, 0.1) is 11.6 Å². The molecule has 0 spiro atoms. The van der Waals surface area contributed by atoms with Crippen LogP contribution >= 0.6 is 0 Å². The van der Waals surface area contributed by atoms with Gasteiger partial charge in [-0.3, -0.25) is 9.59 Å². The SMILES string of the molecule is CC(=O)c1cc2c(cc1NC(=O)[C@H]1[C@H](C=C(C)C)C1(C)C)OCO2. The fourth-order valence-electron chi connectivity index (χ4n) is 3.40. The summed E-state index contributed by atoms with van der Waals surface area (Å²) < 4.78 is 10.7. The highest BCUT2D eigenvalue weighted by atomic mass is 16.7. The molecule has 1 amide bonds. The van der Waals surface area contributed by atoms with Crippen molar-refractivity contribution in [3.05, 3.63) is 29.3 Å². The lowest BCUT2D eigenvalue weighted by molar-refractivity contribution is -0.118. The molecule has 1 aromatic rings. The molecule has 0 radical (unpaired) electrons. The maximum atomic E-state index is 12.7. The third-order valence-electron chi connectivity index (χ3n) is 4.86. The van der Waals surface area contributed by atoms with Crippen molar-refractivity contribution in [2.75, 3.05) is 12.1 Å². The normalized spacial score (nSPS) is 22.7. The highest BCUT2D eigenvalue weighted by Gasteiger charge is 2.60. The lowest BCUT2D eigenvalue weighted by atomic mass is 10.1. The van der Waals surface area contributed by atoms with Crippen molar-refractivity contribution in [3.63, 3.8) is 0 Å². The molecule has 1 saturated carbocycles. The van der Waals surface area contributed by atoms with Gasteiger partial charge in [-0.05, 0) is 38.2 Å². The van der Waals surface area contributed by atoms with Crippen molar-refractivity contribution in [3.8, 4) is 11.5 Å². The molecule has 1 heterocycles. The van der Waals surface area contributed by atoms with Crippen LogP contribution < -0.4 is 14.8 Å². The number of carbonyl (C=O) groups excluding carboxylic acids is 2. The number of hydrogen-bond acceptors (Lipinski definition) is 4. The Morgan fingerprint density at radius 1 is 1.17 bits per heavy atom. The molecular formula is C19H23NO4. The Morgan fingerprint density at radius 2 is 1.79 bits per heavy atom. The Hall–Kier alpha value is -2.30. The molecule has 5 nitrogen and oxygen atoms in total. The van der Waals surface area contributed by atoms with E-state index in [-0.39, 0.29) is 35.7 Å². The molecule has 1 aliphatic heterocycles.